The van der Waals surface area contributed by atoms with Crippen LogP contribution in [0.2, 0.25) is 5.02 Å². The quantitative estimate of drug-likeness (QED) is 0.322. The maximum atomic E-state index is 12.8. The smallest absolute Gasteiger partial charge is 0.262 e. The number of hydrogen-bond acceptors (Lipinski definition) is 4. The zero-order valence-corrected chi connectivity index (χ0v) is 15.7. The van der Waals surface area contributed by atoms with E-state index in [2.05, 4.69) is 16.8 Å². The van der Waals surface area contributed by atoms with E-state index in [4.69, 9.17) is 16.3 Å². The minimum atomic E-state index is -0.0480. The summed E-state index contributed by atoms with van der Waals surface area (Å²) in [7, 11) is 0. The van der Waals surface area contributed by atoms with E-state index in [1.807, 2.05) is 13.8 Å². The van der Waals surface area contributed by atoms with Gasteiger partial charge in [0.25, 0.3) is 5.56 Å². The van der Waals surface area contributed by atoms with Crippen molar-refractivity contribution in [2.75, 3.05) is 12.4 Å². The molecule has 0 atom stereocenters. The summed E-state index contributed by atoms with van der Waals surface area (Å²) in [6.07, 6.45) is 0.943. The summed E-state index contributed by atoms with van der Waals surface area (Å²) in [4.78, 5) is 17.4. The molecule has 0 spiro atoms. The summed E-state index contributed by atoms with van der Waals surface area (Å²) in [6, 6.07) is 5.17. The molecule has 0 aliphatic heterocycles. The van der Waals surface area contributed by atoms with Crippen LogP contribution in [0.5, 0.6) is 0 Å². The Morgan fingerprint density at radius 1 is 1.42 bits per heavy atom. The van der Waals surface area contributed by atoms with Crippen LogP contribution >= 0.6 is 23.4 Å². The van der Waals surface area contributed by atoms with E-state index >= 15 is 0 Å². The zero-order valence-electron chi connectivity index (χ0n) is 14.1. The molecule has 0 N–H and O–H groups in total. The lowest BCUT2D eigenvalue weighted by Gasteiger charge is -2.13. The number of ether oxygens (including phenoxy) is 1. The van der Waals surface area contributed by atoms with Crippen molar-refractivity contribution in [3.63, 3.8) is 0 Å². The number of fused-ring (bicyclic) bond motifs is 1. The minimum absolute atomic E-state index is 0.0480. The number of halogens is 1. The van der Waals surface area contributed by atoms with Gasteiger partial charge >= 0.3 is 0 Å². The lowest BCUT2D eigenvalue weighted by molar-refractivity contribution is 0.0743. The molecule has 0 bridgehead atoms. The van der Waals surface area contributed by atoms with Gasteiger partial charge in [0, 0.05) is 18.2 Å². The number of aromatic nitrogens is 2. The van der Waals surface area contributed by atoms with Crippen LogP contribution in [0.25, 0.3) is 10.9 Å². The maximum absolute atomic E-state index is 12.8. The fourth-order valence-electron chi connectivity index (χ4n) is 2.20. The molecule has 6 heteroatoms. The van der Waals surface area contributed by atoms with E-state index in [9.17, 15) is 4.79 Å². The molecule has 0 radical (unpaired) electrons. The third-order valence-corrected chi connectivity index (χ3v) is 4.40. The Morgan fingerprint density at radius 2 is 2.21 bits per heavy atom. The summed E-state index contributed by atoms with van der Waals surface area (Å²) in [5.74, 6) is 6.44. The molecule has 24 heavy (non-hydrogen) atoms. The topological polar surface area (TPSA) is 44.1 Å². The number of thioether (sulfide) groups is 1. The molecule has 0 saturated carbocycles. The van der Waals surface area contributed by atoms with Crippen molar-refractivity contribution in [1.29, 1.82) is 0 Å². The fourth-order valence-corrected chi connectivity index (χ4v) is 3.20. The predicted molar refractivity (Wildman–Crippen MR) is 101 cm³/mol. The molecule has 1 aromatic carbocycles. The number of benzene rings is 1. The molecule has 0 unspecified atom stereocenters. The molecule has 0 amide bonds. The third kappa shape index (κ3) is 5.01. The SMILES string of the molecule is CC#CCSc1nc2cc(Cl)ccc2c(=O)n1CCCOC(C)C. The van der Waals surface area contributed by atoms with Crippen LogP contribution in [-0.4, -0.2) is 28.0 Å². The average Bonchev–Trinajstić information content (AvgIpc) is 2.53. The standard InChI is InChI=1S/C18H21ClN2O2S/c1-4-5-11-24-18-20-16-12-14(19)7-8-15(16)17(22)21(18)9-6-10-23-13(2)3/h7-8,12-13H,6,9-11H2,1-3H3. The van der Waals surface area contributed by atoms with Gasteiger partial charge in [-0.2, -0.15) is 0 Å². The van der Waals surface area contributed by atoms with Crippen molar-refractivity contribution in [3.8, 4) is 11.8 Å². The lowest BCUT2D eigenvalue weighted by Crippen LogP contribution is -2.24. The van der Waals surface area contributed by atoms with Gasteiger partial charge in [0.1, 0.15) is 0 Å². The second-order valence-corrected chi connectivity index (χ2v) is 6.88. The molecule has 0 aliphatic rings. The largest absolute Gasteiger partial charge is 0.379 e. The molecule has 1 aromatic heterocycles. The number of hydrogen-bond donors (Lipinski definition) is 0. The van der Waals surface area contributed by atoms with Gasteiger partial charge in [-0.15, -0.1) is 5.92 Å². The van der Waals surface area contributed by atoms with Crippen molar-refractivity contribution in [2.24, 2.45) is 0 Å². The predicted octanol–water partition coefficient (Wildman–Crippen LogP) is 3.98. The highest BCUT2D eigenvalue weighted by atomic mass is 35.5. The molecular weight excluding hydrogens is 344 g/mol. The van der Waals surface area contributed by atoms with Crippen molar-refractivity contribution in [2.45, 2.75) is 45.0 Å². The van der Waals surface area contributed by atoms with Gasteiger partial charge in [0.05, 0.1) is 22.8 Å². The van der Waals surface area contributed by atoms with Gasteiger partial charge in [0.15, 0.2) is 5.16 Å². The molecule has 2 rings (SSSR count). The summed E-state index contributed by atoms with van der Waals surface area (Å²) >= 11 is 7.49. The molecule has 128 valence electrons. The van der Waals surface area contributed by atoms with Crippen LogP contribution in [0.3, 0.4) is 0 Å². The molecule has 0 fully saturated rings. The van der Waals surface area contributed by atoms with Gasteiger partial charge in [-0.05, 0) is 45.4 Å². The van der Waals surface area contributed by atoms with Crippen LogP contribution < -0.4 is 5.56 Å². The first-order chi connectivity index (χ1) is 11.5. The van der Waals surface area contributed by atoms with Crippen molar-refractivity contribution in [1.82, 2.24) is 9.55 Å². The Hall–Kier alpha value is -1.48. The average molecular weight is 365 g/mol. The van der Waals surface area contributed by atoms with Crippen LogP contribution in [0.15, 0.2) is 28.2 Å². The Morgan fingerprint density at radius 3 is 2.92 bits per heavy atom. The fraction of sp³-hybridized carbons (Fsp3) is 0.444. The summed E-state index contributed by atoms with van der Waals surface area (Å²) in [5.41, 5.74) is 0.572. The summed E-state index contributed by atoms with van der Waals surface area (Å²) < 4.78 is 7.27. The highest BCUT2D eigenvalue weighted by Gasteiger charge is 2.11. The van der Waals surface area contributed by atoms with Gasteiger partial charge in [-0.1, -0.05) is 29.3 Å². The number of nitrogens with zero attached hydrogens (tertiary/aromatic N) is 2. The van der Waals surface area contributed by atoms with Crippen molar-refractivity contribution >= 4 is 34.3 Å². The van der Waals surface area contributed by atoms with Crippen LogP contribution in [0, 0.1) is 11.8 Å². The van der Waals surface area contributed by atoms with Crippen molar-refractivity contribution in [3.05, 3.63) is 33.6 Å². The molecule has 1 heterocycles. The third-order valence-electron chi connectivity index (χ3n) is 3.31. The van der Waals surface area contributed by atoms with E-state index in [-0.39, 0.29) is 11.7 Å². The van der Waals surface area contributed by atoms with Gasteiger partial charge in [0.2, 0.25) is 0 Å². The number of rotatable bonds is 7. The van der Waals surface area contributed by atoms with Gasteiger partial charge in [-0.25, -0.2) is 4.98 Å². The Bertz CT molecular complexity index is 821. The Balaban J connectivity index is 2.34. The summed E-state index contributed by atoms with van der Waals surface area (Å²) in [6.45, 7) is 6.97. The second kappa shape index (κ2) is 9.12. The first-order valence-electron chi connectivity index (χ1n) is 7.87. The van der Waals surface area contributed by atoms with Crippen molar-refractivity contribution < 1.29 is 4.74 Å². The van der Waals surface area contributed by atoms with Crippen LogP contribution in [-0.2, 0) is 11.3 Å². The molecular formula is C18H21ClN2O2S. The van der Waals surface area contributed by atoms with Crippen LogP contribution in [0.1, 0.15) is 27.2 Å². The van der Waals surface area contributed by atoms with E-state index in [1.165, 1.54) is 11.8 Å². The second-order valence-electron chi connectivity index (χ2n) is 5.50. The normalized spacial score (nSPS) is 10.9. The first-order valence-corrected chi connectivity index (χ1v) is 9.23. The molecule has 0 saturated heterocycles. The highest BCUT2D eigenvalue weighted by molar-refractivity contribution is 7.99. The Labute approximate surface area is 151 Å². The molecule has 4 nitrogen and oxygen atoms in total. The van der Waals surface area contributed by atoms with Gasteiger partial charge in [-0.3, -0.25) is 9.36 Å². The summed E-state index contributed by atoms with van der Waals surface area (Å²) in [5, 5.41) is 1.82. The van der Waals surface area contributed by atoms with Crippen LogP contribution in [0.4, 0.5) is 0 Å². The first kappa shape index (κ1) is 18.9. The van der Waals surface area contributed by atoms with E-state index in [0.29, 0.717) is 40.0 Å². The van der Waals surface area contributed by atoms with E-state index < -0.39 is 0 Å². The Kier molecular flexibility index (Phi) is 7.16. The zero-order chi connectivity index (χ0) is 17.5. The van der Waals surface area contributed by atoms with Gasteiger partial charge < -0.3 is 4.74 Å². The molecule has 2 aromatic rings. The maximum Gasteiger partial charge on any atom is 0.262 e. The monoisotopic (exact) mass is 364 g/mol. The van der Waals surface area contributed by atoms with E-state index in [0.717, 1.165) is 6.42 Å². The molecule has 0 aliphatic carbocycles. The lowest BCUT2D eigenvalue weighted by atomic mass is 10.2. The van der Waals surface area contributed by atoms with E-state index in [1.54, 1.807) is 29.7 Å². The minimum Gasteiger partial charge on any atom is -0.379 e. The highest BCUT2D eigenvalue weighted by Crippen LogP contribution is 2.20.